The third-order valence-corrected chi connectivity index (χ3v) is 5.49. The Morgan fingerprint density at radius 2 is 1.82 bits per heavy atom. The molecular formula is C13H18ClN3O9S2. The number of nitro groups is 1. The maximum absolute atomic E-state index is 12.3. The number of nitrogens with zero attached hydrogens (tertiary/aromatic N) is 3. The average Bonchev–Trinajstić information content (AvgIpc) is 2.57. The third-order valence-electron chi connectivity index (χ3n) is 3.13. The lowest BCUT2D eigenvalue weighted by atomic mass is 10.2. The molecule has 0 bridgehead atoms. The number of sulfonamides is 2. The number of hydrazine groups is 1. The number of benzene rings is 1. The summed E-state index contributed by atoms with van der Waals surface area (Å²) in [6.45, 7) is -0.994. The molecule has 0 heterocycles. The second kappa shape index (κ2) is 9.36. The first-order valence-corrected chi connectivity index (χ1v) is 11.6. The van der Waals surface area contributed by atoms with Gasteiger partial charge in [-0.1, -0.05) is 4.41 Å². The van der Waals surface area contributed by atoms with E-state index in [2.05, 4.69) is 0 Å². The van der Waals surface area contributed by atoms with Gasteiger partial charge in [-0.3, -0.25) is 10.1 Å². The average molecular weight is 460 g/mol. The number of hydrogen-bond acceptors (Lipinski definition) is 9. The Bertz CT molecular complexity index is 950. The Kier molecular flexibility index (Phi) is 7.98. The third kappa shape index (κ3) is 6.19. The fourth-order valence-corrected chi connectivity index (χ4v) is 4.50. The quantitative estimate of drug-likeness (QED) is 0.297. The van der Waals surface area contributed by atoms with E-state index in [4.69, 9.17) is 21.1 Å². The first-order valence-electron chi connectivity index (χ1n) is 7.35. The molecule has 1 aromatic carbocycles. The first-order chi connectivity index (χ1) is 12.8. The molecule has 0 radical (unpaired) electrons. The van der Waals surface area contributed by atoms with Crippen LogP contribution in [0.4, 0.5) is 10.5 Å². The zero-order chi connectivity index (χ0) is 21.7. The molecule has 0 spiro atoms. The maximum atomic E-state index is 12.3. The van der Waals surface area contributed by atoms with Crippen LogP contribution >= 0.6 is 11.6 Å². The summed E-state index contributed by atoms with van der Waals surface area (Å²) in [4.78, 5) is 22.5. The molecule has 0 saturated heterocycles. The Labute approximate surface area is 166 Å². The Balaban J connectivity index is 3.12. The number of rotatable bonds is 9. The fraction of sp³-hybridized carbons (Fsp3) is 0.462. The summed E-state index contributed by atoms with van der Waals surface area (Å²) < 4.78 is 57.6. The minimum absolute atomic E-state index is 0.0483. The Morgan fingerprint density at radius 1 is 1.21 bits per heavy atom. The highest BCUT2D eigenvalue weighted by Gasteiger charge is 2.37. The van der Waals surface area contributed by atoms with Crippen LogP contribution in [-0.2, 0) is 31.4 Å². The first kappa shape index (κ1) is 23.9. The molecule has 0 aromatic heterocycles. The second-order valence-corrected chi connectivity index (χ2v) is 9.40. The number of amides is 1. The van der Waals surface area contributed by atoms with Crippen LogP contribution in [0.15, 0.2) is 18.2 Å². The van der Waals surface area contributed by atoms with Crippen molar-refractivity contribution in [2.24, 2.45) is 0 Å². The molecule has 15 heteroatoms. The molecule has 0 aliphatic rings. The van der Waals surface area contributed by atoms with Crippen LogP contribution in [0.25, 0.3) is 0 Å². The van der Waals surface area contributed by atoms with Crippen LogP contribution in [0.1, 0.15) is 5.56 Å². The molecule has 28 heavy (non-hydrogen) atoms. The predicted molar refractivity (Wildman–Crippen MR) is 98.8 cm³/mol. The number of alkyl halides is 1. The molecule has 1 rings (SSSR count). The molecule has 0 saturated carbocycles. The van der Waals surface area contributed by atoms with Gasteiger partial charge in [-0.15, -0.1) is 16.0 Å². The molecule has 0 N–H and O–H groups in total. The van der Waals surface area contributed by atoms with Crippen molar-refractivity contribution in [1.82, 2.24) is 8.83 Å². The molecular weight excluding hydrogens is 442 g/mol. The highest BCUT2D eigenvalue weighted by molar-refractivity contribution is 7.91. The van der Waals surface area contributed by atoms with Crippen molar-refractivity contribution in [3.8, 4) is 5.75 Å². The summed E-state index contributed by atoms with van der Waals surface area (Å²) in [5.41, 5.74) is -0.0757. The van der Waals surface area contributed by atoms with E-state index >= 15 is 0 Å². The summed E-state index contributed by atoms with van der Waals surface area (Å²) in [7, 11) is -7.33. The van der Waals surface area contributed by atoms with Gasteiger partial charge in [0.25, 0.3) is 10.0 Å². The topological polar surface area (TPSA) is 153 Å². The van der Waals surface area contributed by atoms with Crippen LogP contribution in [0.2, 0.25) is 0 Å². The SMILES string of the molecule is COc1cc(COC(=O)N(N(CCCl)S(C)(=O)=O)S(C)(=O)=O)ccc1[N+](=O)[O-]. The molecule has 1 aromatic rings. The molecule has 0 aliphatic heterocycles. The highest BCUT2D eigenvalue weighted by atomic mass is 35.5. The van der Waals surface area contributed by atoms with Gasteiger partial charge in [0.1, 0.15) is 6.61 Å². The van der Waals surface area contributed by atoms with E-state index in [-0.39, 0.29) is 31.7 Å². The number of carbonyl (C=O) groups excluding carboxylic acids is 1. The van der Waals surface area contributed by atoms with Gasteiger partial charge in [-0.2, -0.15) is 0 Å². The lowest BCUT2D eigenvalue weighted by Gasteiger charge is -2.29. The zero-order valence-corrected chi connectivity index (χ0v) is 17.5. The Hall–Kier alpha value is -2.16. The van der Waals surface area contributed by atoms with Gasteiger partial charge < -0.3 is 9.47 Å². The highest BCUT2D eigenvalue weighted by Crippen LogP contribution is 2.28. The van der Waals surface area contributed by atoms with Crippen molar-refractivity contribution in [3.63, 3.8) is 0 Å². The van der Waals surface area contributed by atoms with E-state index in [0.717, 1.165) is 6.07 Å². The summed E-state index contributed by atoms with van der Waals surface area (Å²) in [5, 5.41) is 10.9. The predicted octanol–water partition coefficient (Wildman–Crippen LogP) is 0.917. The largest absolute Gasteiger partial charge is 0.490 e. The van der Waals surface area contributed by atoms with Crippen molar-refractivity contribution in [3.05, 3.63) is 33.9 Å². The fourth-order valence-electron chi connectivity index (χ4n) is 2.02. The number of hydrogen-bond donors (Lipinski definition) is 0. The van der Waals surface area contributed by atoms with Crippen molar-refractivity contribution in [2.75, 3.05) is 32.0 Å². The number of halogens is 1. The van der Waals surface area contributed by atoms with Crippen LogP contribution in [-0.4, -0.2) is 68.7 Å². The monoisotopic (exact) mass is 459 g/mol. The lowest BCUT2D eigenvalue weighted by molar-refractivity contribution is -0.385. The van der Waals surface area contributed by atoms with Gasteiger partial charge in [0, 0.05) is 18.5 Å². The second-order valence-electron chi connectivity index (χ2n) is 5.32. The number of ether oxygens (including phenoxy) is 2. The maximum Gasteiger partial charge on any atom is 0.440 e. The smallest absolute Gasteiger partial charge is 0.440 e. The summed E-state index contributed by atoms with van der Waals surface area (Å²) in [5.74, 6) is -0.384. The molecule has 0 atom stereocenters. The summed E-state index contributed by atoms with van der Waals surface area (Å²) >= 11 is 5.50. The lowest BCUT2D eigenvalue weighted by Crippen LogP contribution is -2.52. The van der Waals surface area contributed by atoms with E-state index in [9.17, 15) is 31.7 Å². The van der Waals surface area contributed by atoms with E-state index in [1.807, 2.05) is 0 Å². The Morgan fingerprint density at radius 3 is 2.25 bits per heavy atom. The van der Waals surface area contributed by atoms with Gasteiger partial charge in [0.05, 0.1) is 24.5 Å². The molecule has 0 aliphatic carbocycles. The van der Waals surface area contributed by atoms with Crippen LogP contribution in [0.5, 0.6) is 5.75 Å². The summed E-state index contributed by atoms with van der Waals surface area (Å²) in [6.07, 6.45) is -0.169. The van der Waals surface area contributed by atoms with E-state index in [1.54, 1.807) is 0 Å². The van der Waals surface area contributed by atoms with Crippen molar-refractivity contribution >= 4 is 43.4 Å². The molecule has 0 fully saturated rings. The van der Waals surface area contributed by atoms with Gasteiger partial charge in [0.15, 0.2) is 5.75 Å². The standard InChI is InChI=1S/C13H18ClN3O9S2/c1-25-12-8-10(4-5-11(12)17(19)20)9-26-13(18)16(28(3,23)24)15(7-6-14)27(2,21)22/h4-5,8H,6-7,9H2,1-3H3. The normalized spacial score (nSPS) is 11.9. The van der Waals surface area contributed by atoms with Gasteiger partial charge in [-0.05, 0) is 17.7 Å². The number of nitro benzene ring substituents is 1. The van der Waals surface area contributed by atoms with Crippen LogP contribution in [0, 0.1) is 10.1 Å². The van der Waals surface area contributed by atoms with Gasteiger partial charge in [-0.25, -0.2) is 21.6 Å². The van der Waals surface area contributed by atoms with Crippen LogP contribution < -0.4 is 4.74 Å². The minimum atomic E-state index is -4.37. The van der Waals surface area contributed by atoms with Crippen molar-refractivity contribution in [2.45, 2.75) is 6.61 Å². The molecule has 12 nitrogen and oxygen atoms in total. The van der Waals surface area contributed by atoms with E-state index in [0.29, 0.717) is 12.5 Å². The van der Waals surface area contributed by atoms with Gasteiger partial charge in [0.2, 0.25) is 10.0 Å². The van der Waals surface area contributed by atoms with Crippen molar-refractivity contribution < 1.29 is 36.0 Å². The molecule has 1 amide bonds. The van der Waals surface area contributed by atoms with Crippen molar-refractivity contribution in [1.29, 1.82) is 0 Å². The van der Waals surface area contributed by atoms with E-state index < -0.39 is 44.2 Å². The number of methoxy groups -OCH3 is 1. The van der Waals surface area contributed by atoms with Gasteiger partial charge >= 0.3 is 11.8 Å². The zero-order valence-electron chi connectivity index (χ0n) is 15.1. The summed E-state index contributed by atoms with van der Waals surface area (Å²) in [6, 6.07) is 3.61. The van der Waals surface area contributed by atoms with E-state index in [1.165, 1.54) is 19.2 Å². The van der Waals surface area contributed by atoms with Crippen LogP contribution in [0.3, 0.4) is 0 Å². The number of carbonyl (C=O) groups is 1. The minimum Gasteiger partial charge on any atom is -0.490 e. The molecule has 0 unspecified atom stereocenters. The molecule has 158 valence electrons.